The molecule has 1 fully saturated rings. The third-order valence-electron chi connectivity index (χ3n) is 6.10. The molecule has 0 amide bonds. The van der Waals surface area contributed by atoms with E-state index in [1.165, 1.54) is 18.4 Å². The number of ketones is 1. The van der Waals surface area contributed by atoms with Gasteiger partial charge in [-0.25, -0.2) is 0 Å². The van der Waals surface area contributed by atoms with Gasteiger partial charge in [-0.15, -0.1) is 0 Å². The number of carbonyl (C=O) groups is 1. The molecule has 1 aliphatic heterocycles. The Morgan fingerprint density at radius 2 is 1.85 bits per heavy atom. The van der Waals surface area contributed by atoms with Crippen molar-refractivity contribution in [2.75, 3.05) is 0 Å². The van der Waals surface area contributed by atoms with Crippen molar-refractivity contribution in [1.82, 2.24) is 5.32 Å². The predicted octanol–water partition coefficient (Wildman–Crippen LogP) is 4.38. The molecular weight excluding hydrogens is 324 g/mol. The Kier molecular flexibility index (Phi) is 4.60. The quantitative estimate of drug-likeness (QED) is 0.848. The number of nitrogens with zero attached hydrogens (tertiary/aromatic N) is 1. The molecule has 1 heterocycles. The maximum atomic E-state index is 12.8. The van der Waals surface area contributed by atoms with Crippen molar-refractivity contribution in [2.24, 2.45) is 4.99 Å². The highest BCUT2D eigenvalue weighted by Crippen LogP contribution is 2.36. The van der Waals surface area contributed by atoms with Gasteiger partial charge in [0, 0.05) is 18.9 Å². The minimum Gasteiger partial charge on any atom is -0.511 e. The molecule has 3 atom stereocenters. The van der Waals surface area contributed by atoms with Crippen molar-refractivity contribution in [2.45, 2.75) is 76.3 Å². The molecular formula is C22H28N2O2. The highest BCUT2D eigenvalue weighted by molar-refractivity contribution is 6.23. The number of allylic oxidation sites excluding steroid dienone is 1. The molecule has 4 heteroatoms. The first-order valence-electron chi connectivity index (χ1n) is 9.93. The second-order valence-electron chi connectivity index (χ2n) is 8.25. The van der Waals surface area contributed by atoms with E-state index >= 15 is 0 Å². The number of nitrogens with one attached hydrogen (secondary N) is 1. The van der Waals surface area contributed by atoms with E-state index in [1.54, 1.807) is 0 Å². The second-order valence-corrected chi connectivity index (χ2v) is 8.25. The minimum absolute atomic E-state index is 0.0107. The summed E-state index contributed by atoms with van der Waals surface area (Å²) in [6.45, 7) is 4.35. The highest BCUT2D eigenvalue weighted by Gasteiger charge is 2.37. The summed E-state index contributed by atoms with van der Waals surface area (Å²) >= 11 is 0. The molecule has 0 bridgehead atoms. The van der Waals surface area contributed by atoms with Crippen molar-refractivity contribution in [1.29, 1.82) is 0 Å². The fraction of sp³-hybridized carbons (Fsp3) is 0.545. The maximum Gasteiger partial charge on any atom is 0.170 e. The summed E-state index contributed by atoms with van der Waals surface area (Å²) in [4.78, 5) is 17.5. The third kappa shape index (κ3) is 3.17. The first kappa shape index (κ1) is 17.3. The van der Waals surface area contributed by atoms with Gasteiger partial charge < -0.3 is 10.4 Å². The van der Waals surface area contributed by atoms with Crippen LogP contribution in [0.4, 0.5) is 0 Å². The van der Waals surface area contributed by atoms with Gasteiger partial charge in [-0.05, 0) is 35.8 Å². The lowest BCUT2D eigenvalue weighted by Gasteiger charge is -2.25. The van der Waals surface area contributed by atoms with Crippen molar-refractivity contribution in [3.8, 4) is 0 Å². The molecule has 1 saturated carbocycles. The van der Waals surface area contributed by atoms with Crippen LogP contribution in [0.15, 0.2) is 40.6 Å². The normalized spacial score (nSPS) is 28.8. The number of amidine groups is 1. The molecule has 4 rings (SSSR count). The summed E-state index contributed by atoms with van der Waals surface area (Å²) in [5.74, 6) is 1.39. The van der Waals surface area contributed by atoms with E-state index in [0.29, 0.717) is 36.2 Å². The SMILES string of the molecule is CC(C)c1ccc(C2CC(=O)C(C3=N[C@H]4CCCC[C@@H]4N3)=C(O)C2)cc1. The van der Waals surface area contributed by atoms with Gasteiger partial charge in [-0.1, -0.05) is 51.0 Å². The first-order valence-corrected chi connectivity index (χ1v) is 9.93. The summed E-state index contributed by atoms with van der Waals surface area (Å²) in [7, 11) is 0. The zero-order chi connectivity index (χ0) is 18.3. The number of carbonyl (C=O) groups excluding carboxylic acids is 1. The average molecular weight is 352 g/mol. The third-order valence-corrected chi connectivity index (χ3v) is 6.10. The first-order chi connectivity index (χ1) is 12.5. The molecule has 0 spiro atoms. The Hall–Kier alpha value is -2.10. The molecule has 1 aromatic rings. The van der Waals surface area contributed by atoms with Crippen LogP contribution in [-0.4, -0.2) is 28.8 Å². The van der Waals surface area contributed by atoms with E-state index in [0.717, 1.165) is 18.4 Å². The monoisotopic (exact) mass is 352 g/mol. The Labute approximate surface area is 155 Å². The van der Waals surface area contributed by atoms with E-state index in [9.17, 15) is 9.90 Å². The lowest BCUT2D eigenvalue weighted by Crippen LogP contribution is -2.39. The summed E-state index contributed by atoms with van der Waals surface area (Å²) in [6.07, 6.45) is 5.55. The van der Waals surface area contributed by atoms with Crippen LogP contribution < -0.4 is 5.32 Å². The van der Waals surface area contributed by atoms with Crippen LogP contribution in [0.1, 0.15) is 75.3 Å². The Bertz CT molecular complexity index is 761. The fourth-order valence-electron chi connectivity index (χ4n) is 4.50. The summed E-state index contributed by atoms with van der Waals surface area (Å²) in [5, 5.41) is 14.1. The zero-order valence-corrected chi connectivity index (χ0v) is 15.7. The fourth-order valence-corrected chi connectivity index (χ4v) is 4.50. The second kappa shape index (κ2) is 6.90. The van der Waals surface area contributed by atoms with Crippen LogP contribution in [0.5, 0.6) is 0 Å². The predicted molar refractivity (Wildman–Crippen MR) is 104 cm³/mol. The number of aliphatic imine (C=N–C) groups is 1. The average Bonchev–Trinajstić information content (AvgIpc) is 3.04. The van der Waals surface area contributed by atoms with Crippen LogP contribution in [0.3, 0.4) is 0 Å². The molecule has 0 radical (unpaired) electrons. The van der Waals surface area contributed by atoms with E-state index in [1.807, 2.05) is 0 Å². The van der Waals surface area contributed by atoms with Gasteiger partial charge in [0.1, 0.15) is 11.6 Å². The smallest absolute Gasteiger partial charge is 0.170 e. The summed E-state index contributed by atoms with van der Waals surface area (Å²) < 4.78 is 0. The molecule has 4 nitrogen and oxygen atoms in total. The highest BCUT2D eigenvalue weighted by atomic mass is 16.3. The van der Waals surface area contributed by atoms with Crippen molar-refractivity contribution >= 4 is 11.6 Å². The summed E-state index contributed by atoms with van der Waals surface area (Å²) in [5.41, 5.74) is 2.86. The van der Waals surface area contributed by atoms with Crippen molar-refractivity contribution in [3.63, 3.8) is 0 Å². The van der Waals surface area contributed by atoms with Crippen LogP contribution in [0.2, 0.25) is 0 Å². The lowest BCUT2D eigenvalue weighted by molar-refractivity contribution is -0.116. The number of hydrogen-bond acceptors (Lipinski definition) is 4. The van der Waals surface area contributed by atoms with Gasteiger partial charge in [-0.3, -0.25) is 9.79 Å². The van der Waals surface area contributed by atoms with E-state index in [4.69, 9.17) is 4.99 Å². The molecule has 1 unspecified atom stereocenters. The zero-order valence-electron chi connectivity index (χ0n) is 15.7. The largest absolute Gasteiger partial charge is 0.511 e. The summed E-state index contributed by atoms with van der Waals surface area (Å²) in [6, 6.07) is 9.08. The van der Waals surface area contributed by atoms with Gasteiger partial charge in [-0.2, -0.15) is 0 Å². The topological polar surface area (TPSA) is 61.7 Å². The van der Waals surface area contributed by atoms with Crippen LogP contribution >= 0.6 is 0 Å². The minimum atomic E-state index is 0.0107. The number of hydrogen-bond donors (Lipinski definition) is 2. The van der Waals surface area contributed by atoms with E-state index < -0.39 is 0 Å². The Morgan fingerprint density at radius 1 is 1.12 bits per heavy atom. The van der Waals surface area contributed by atoms with E-state index in [2.05, 4.69) is 43.4 Å². The molecule has 138 valence electrons. The number of aliphatic hydroxyl groups is 1. The van der Waals surface area contributed by atoms with Gasteiger partial charge >= 0.3 is 0 Å². The molecule has 1 aromatic carbocycles. The van der Waals surface area contributed by atoms with Crippen LogP contribution in [0, 0.1) is 0 Å². The maximum absolute atomic E-state index is 12.8. The van der Waals surface area contributed by atoms with Crippen LogP contribution in [0.25, 0.3) is 0 Å². The molecule has 2 N–H and O–H groups in total. The molecule has 0 saturated heterocycles. The van der Waals surface area contributed by atoms with Crippen molar-refractivity contribution < 1.29 is 9.90 Å². The van der Waals surface area contributed by atoms with Crippen LogP contribution in [-0.2, 0) is 4.79 Å². The van der Waals surface area contributed by atoms with E-state index in [-0.39, 0.29) is 23.5 Å². The Balaban J connectivity index is 1.54. The number of aliphatic hydroxyl groups excluding tert-OH is 1. The number of benzene rings is 1. The Morgan fingerprint density at radius 3 is 2.50 bits per heavy atom. The van der Waals surface area contributed by atoms with Gasteiger partial charge in [0.05, 0.1) is 11.6 Å². The van der Waals surface area contributed by atoms with Gasteiger partial charge in [0.15, 0.2) is 5.78 Å². The number of rotatable bonds is 3. The van der Waals surface area contributed by atoms with Crippen molar-refractivity contribution in [3.05, 3.63) is 46.7 Å². The van der Waals surface area contributed by atoms with Gasteiger partial charge in [0.25, 0.3) is 0 Å². The molecule has 0 aromatic heterocycles. The lowest BCUT2D eigenvalue weighted by atomic mass is 9.82. The standard InChI is InChI=1S/C22H28N2O2/c1-13(2)14-7-9-15(10-8-14)16-11-19(25)21(20(26)12-16)22-23-17-5-3-4-6-18(17)24-22/h7-10,13,16-18,25H,3-6,11-12H2,1-2H3,(H,23,24)/t16?,17-,18-/m0/s1. The number of fused-ring (bicyclic) bond motifs is 1. The molecule has 2 aliphatic carbocycles. The van der Waals surface area contributed by atoms with Gasteiger partial charge in [0.2, 0.25) is 0 Å². The molecule has 26 heavy (non-hydrogen) atoms. The molecule has 3 aliphatic rings. The number of Topliss-reactive ketones (excluding diaryl/α,β-unsaturated/α-hetero) is 1.